The molecule has 19 heavy (non-hydrogen) atoms. The van der Waals surface area contributed by atoms with E-state index in [9.17, 15) is 5.11 Å². The van der Waals surface area contributed by atoms with Gasteiger partial charge >= 0.3 is 0 Å². The number of piperidine rings is 1. The van der Waals surface area contributed by atoms with E-state index in [1.165, 1.54) is 11.3 Å². The molecule has 1 saturated heterocycles. The third kappa shape index (κ3) is 3.71. The first-order valence-corrected chi connectivity index (χ1v) is 7.23. The van der Waals surface area contributed by atoms with Gasteiger partial charge in [0.25, 0.3) is 0 Å². The summed E-state index contributed by atoms with van der Waals surface area (Å²) in [7, 11) is 4.19. The minimum absolute atomic E-state index is 0.156. The van der Waals surface area contributed by atoms with E-state index in [4.69, 9.17) is 0 Å². The van der Waals surface area contributed by atoms with Crippen LogP contribution < -0.4 is 4.90 Å². The summed E-state index contributed by atoms with van der Waals surface area (Å²) < 4.78 is 0. The van der Waals surface area contributed by atoms with Gasteiger partial charge in [0.1, 0.15) is 0 Å². The van der Waals surface area contributed by atoms with Crippen LogP contribution in [0.25, 0.3) is 0 Å². The second-order valence-corrected chi connectivity index (χ2v) is 5.88. The van der Waals surface area contributed by atoms with Gasteiger partial charge < -0.3 is 10.0 Å². The van der Waals surface area contributed by atoms with Crippen molar-refractivity contribution in [3.8, 4) is 0 Å². The number of hydrogen-bond acceptors (Lipinski definition) is 3. The summed E-state index contributed by atoms with van der Waals surface area (Å²) in [4.78, 5) is 4.68. The molecular weight excluding hydrogens is 236 g/mol. The maximum absolute atomic E-state index is 9.64. The Hall–Kier alpha value is -1.06. The van der Waals surface area contributed by atoms with Crippen molar-refractivity contribution >= 4 is 5.69 Å². The Morgan fingerprint density at radius 3 is 2.47 bits per heavy atom. The summed E-state index contributed by atoms with van der Waals surface area (Å²) in [5.41, 5.74) is 2.70. The highest BCUT2D eigenvalue weighted by Crippen LogP contribution is 2.24. The first-order valence-electron chi connectivity index (χ1n) is 7.23. The van der Waals surface area contributed by atoms with Crippen molar-refractivity contribution in [2.75, 3.05) is 32.1 Å². The maximum atomic E-state index is 9.64. The largest absolute Gasteiger partial charge is 0.393 e. The molecule has 2 rings (SSSR count). The fourth-order valence-corrected chi connectivity index (χ4v) is 2.92. The Balaban J connectivity index is 1.96. The fraction of sp³-hybridized carbons (Fsp3) is 0.625. The molecule has 0 spiro atoms. The highest BCUT2D eigenvalue weighted by molar-refractivity contribution is 5.52. The van der Waals surface area contributed by atoms with Gasteiger partial charge in [-0.05, 0) is 50.4 Å². The highest BCUT2D eigenvalue weighted by atomic mass is 16.3. The Morgan fingerprint density at radius 1 is 1.26 bits per heavy atom. The maximum Gasteiger partial charge on any atom is 0.0541 e. The number of rotatable bonds is 4. The molecule has 1 aliphatic rings. The summed E-state index contributed by atoms with van der Waals surface area (Å²) in [6.45, 7) is 5.12. The van der Waals surface area contributed by atoms with Crippen LogP contribution in [0.1, 0.15) is 25.3 Å². The van der Waals surface area contributed by atoms with Crippen molar-refractivity contribution in [1.82, 2.24) is 4.90 Å². The average Bonchev–Trinajstić information content (AvgIpc) is 2.39. The number of hydrogen-bond donors (Lipinski definition) is 1. The average molecular weight is 262 g/mol. The molecule has 0 saturated carbocycles. The molecule has 0 aromatic heterocycles. The van der Waals surface area contributed by atoms with Gasteiger partial charge in [0.15, 0.2) is 0 Å². The first-order chi connectivity index (χ1) is 9.08. The second kappa shape index (κ2) is 6.40. The SMILES string of the molecule is CC(O)C1CCN(Cc2ccccc2N(C)C)CC1. The molecule has 106 valence electrons. The quantitative estimate of drug-likeness (QED) is 0.902. The van der Waals surface area contributed by atoms with Gasteiger partial charge in [0, 0.05) is 26.3 Å². The highest BCUT2D eigenvalue weighted by Gasteiger charge is 2.22. The molecule has 0 bridgehead atoms. The topological polar surface area (TPSA) is 26.7 Å². The van der Waals surface area contributed by atoms with Crippen molar-refractivity contribution < 1.29 is 5.11 Å². The molecule has 3 nitrogen and oxygen atoms in total. The van der Waals surface area contributed by atoms with Gasteiger partial charge in [-0.3, -0.25) is 4.90 Å². The first kappa shape index (κ1) is 14.4. The number of anilines is 1. The molecular formula is C16H26N2O. The van der Waals surface area contributed by atoms with Gasteiger partial charge in [-0.25, -0.2) is 0 Å². The summed E-state index contributed by atoms with van der Waals surface area (Å²) >= 11 is 0. The minimum atomic E-state index is -0.156. The molecule has 0 aliphatic carbocycles. The normalized spacial score (nSPS) is 19.4. The molecule has 1 aliphatic heterocycles. The number of nitrogens with zero attached hydrogens (tertiary/aromatic N) is 2. The van der Waals surface area contributed by atoms with Gasteiger partial charge in [-0.15, -0.1) is 0 Å². The molecule has 1 heterocycles. The van der Waals surface area contributed by atoms with Crippen molar-refractivity contribution in [1.29, 1.82) is 0 Å². The Bertz CT molecular complexity index is 395. The van der Waals surface area contributed by atoms with E-state index >= 15 is 0 Å². The van der Waals surface area contributed by atoms with E-state index in [1.54, 1.807) is 0 Å². The fourth-order valence-electron chi connectivity index (χ4n) is 2.92. The summed E-state index contributed by atoms with van der Waals surface area (Å²) in [5.74, 6) is 0.486. The third-order valence-electron chi connectivity index (χ3n) is 4.18. The Morgan fingerprint density at radius 2 is 1.89 bits per heavy atom. The van der Waals surface area contributed by atoms with E-state index < -0.39 is 0 Å². The molecule has 1 N–H and O–H groups in total. The smallest absolute Gasteiger partial charge is 0.0541 e. The van der Waals surface area contributed by atoms with Crippen LogP contribution in [0.2, 0.25) is 0 Å². The monoisotopic (exact) mass is 262 g/mol. The zero-order valence-corrected chi connectivity index (χ0v) is 12.3. The molecule has 3 heteroatoms. The van der Waals surface area contributed by atoms with Crippen LogP contribution in [0.4, 0.5) is 5.69 Å². The van der Waals surface area contributed by atoms with Crippen LogP contribution >= 0.6 is 0 Å². The molecule has 1 aromatic rings. The van der Waals surface area contributed by atoms with Gasteiger partial charge in [-0.1, -0.05) is 18.2 Å². The number of aliphatic hydroxyl groups is 1. The van der Waals surface area contributed by atoms with Gasteiger partial charge in [-0.2, -0.15) is 0 Å². The van der Waals surface area contributed by atoms with Gasteiger partial charge in [0.2, 0.25) is 0 Å². The Kier molecular flexibility index (Phi) is 4.83. The molecule has 1 unspecified atom stereocenters. The van der Waals surface area contributed by atoms with Crippen LogP contribution in [0, 0.1) is 5.92 Å². The lowest BCUT2D eigenvalue weighted by atomic mass is 9.92. The van der Waals surface area contributed by atoms with Gasteiger partial charge in [0.05, 0.1) is 6.10 Å². The van der Waals surface area contributed by atoms with Crippen LogP contribution in [-0.4, -0.2) is 43.3 Å². The van der Waals surface area contributed by atoms with E-state index in [1.807, 2.05) is 6.92 Å². The van der Waals surface area contributed by atoms with Crippen LogP contribution in [0.5, 0.6) is 0 Å². The standard InChI is InChI=1S/C16H26N2O/c1-13(19)14-8-10-18(11-9-14)12-15-6-4-5-7-16(15)17(2)3/h4-7,13-14,19H,8-12H2,1-3H3. The van der Waals surface area contributed by atoms with E-state index in [2.05, 4.69) is 48.2 Å². The number of para-hydroxylation sites is 1. The molecule has 1 aromatic carbocycles. The van der Waals surface area contributed by atoms with Crippen molar-refractivity contribution in [2.24, 2.45) is 5.92 Å². The van der Waals surface area contributed by atoms with Crippen LogP contribution in [-0.2, 0) is 6.54 Å². The van der Waals surface area contributed by atoms with Crippen molar-refractivity contribution in [2.45, 2.75) is 32.4 Å². The van der Waals surface area contributed by atoms with Crippen molar-refractivity contribution in [3.63, 3.8) is 0 Å². The second-order valence-electron chi connectivity index (χ2n) is 5.88. The minimum Gasteiger partial charge on any atom is -0.393 e. The molecule has 1 fully saturated rings. The molecule has 1 atom stereocenters. The van der Waals surface area contributed by atoms with E-state index in [0.29, 0.717) is 5.92 Å². The van der Waals surface area contributed by atoms with Crippen LogP contribution in [0.3, 0.4) is 0 Å². The van der Waals surface area contributed by atoms with E-state index in [-0.39, 0.29) is 6.10 Å². The summed E-state index contributed by atoms with van der Waals surface area (Å²) in [6, 6.07) is 8.61. The summed E-state index contributed by atoms with van der Waals surface area (Å²) in [5, 5.41) is 9.64. The Labute approximate surface area is 116 Å². The van der Waals surface area contributed by atoms with Crippen LogP contribution in [0.15, 0.2) is 24.3 Å². The van der Waals surface area contributed by atoms with E-state index in [0.717, 1.165) is 32.5 Å². The number of aliphatic hydroxyl groups excluding tert-OH is 1. The number of likely N-dealkylation sites (tertiary alicyclic amines) is 1. The molecule has 0 amide bonds. The molecule has 0 radical (unpaired) electrons. The lowest BCUT2D eigenvalue weighted by molar-refractivity contribution is 0.0696. The lowest BCUT2D eigenvalue weighted by Gasteiger charge is -2.34. The predicted molar refractivity (Wildman–Crippen MR) is 80.5 cm³/mol. The zero-order valence-electron chi connectivity index (χ0n) is 12.3. The number of benzene rings is 1. The lowest BCUT2D eigenvalue weighted by Crippen LogP contribution is -2.36. The zero-order chi connectivity index (χ0) is 13.8. The third-order valence-corrected chi connectivity index (χ3v) is 4.18. The van der Waals surface area contributed by atoms with Crippen molar-refractivity contribution in [3.05, 3.63) is 29.8 Å². The summed E-state index contributed by atoms with van der Waals surface area (Å²) in [6.07, 6.45) is 2.07. The predicted octanol–water partition coefficient (Wildman–Crippen LogP) is 2.35.